The molecule has 0 aliphatic heterocycles. The highest BCUT2D eigenvalue weighted by atomic mass is 32.2. The number of halogens is 3. The van der Waals surface area contributed by atoms with Crippen molar-refractivity contribution >= 4 is 50.9 Å². The van der Waals surface area contributed by atoms with Gasteiger partial charge in [-0.3, -0.25) is 4.79 Å². The summed E-state index contributed by atoms with van der Waals surface area (Å²) in [5.41, 5.74) is -3.07. The molecule has 0 saturated carbocycles. The topological polar surface area (TPSA) is 106 Å². The van der Waals surface area contributed by atoms with Crippen LogP contribution in [-0.2, 0) is 17.6 Å². The number of nitrogens with one attached hydrogen (secondary N) is 1. The molecule has 1 heterocycles. The van der Waals surface area contributed by atoms with E-state index in [2.05, 4.69) is 10.3 Å². The highest BCUT2D eigenvalue weighted by molar-refractivity contribution is 8.00. The van der Waals surface area contributed by atoms with Crippen molar-refractivity contribution in [2.45, 2.75) is 23.9 Å². The number of nitriles is 1. The predicted molar refractivity (Wildman–Crippen MR) is 125 cm³/mol. The van der Waals surface area contributed by atoms with Crippen LogP contribution in [0.2, 0.25) is 0 Å². The molecule has 1 unspecified atom stereocenters. The van der Waals surface area contributed by atoms with E-state index >= 15 is 0 Å². The van der Waals surface area contributed by atoms with Gasteiger partial charge in [-0.1, -0.05) is 18.2 Å². The Morgan fingerprint density at radius 3 is 2.56 bits per heavy atom. The second-order valence-electron chi connectivity index (χ2n) is 6.77. The molecule has 0 aliphatic rings. The van der Waals surface area contributed by atoms with Crippen LogP contribution in [-0.4, -0.2) is 31.0 Å². The number of anilines is 2. The lowest BCUT2D eigenvalue weighted by Gasteiger charge is -2.23. The van der Waals surface area contributed by atoms with Gasteiger partial charge < -0.3 is 14.8 Å². The molecular formula is C21H17F3N4O3S3. The molecule has 0 fully saturated rings. The van der Waals surface area contributed by atoms with Gasteiger partial charge in [0.15, 0.2) is 16.2 Å². The van der Waals surface area contributed by atoms with Gasteiger partial charge in [-0.2, -0.15) is 18.4 Å². The summed E-state index contributed by atoms with van der Waals surface area (Å²) in [6.45, 7) is 1.66. The van der Waals surface area contributed by atoms with Gasteiger partial charge in [-0.15, -0.1) is 11.3 Å². The molecule has 7 nitrogen and oxygen atoms in total. The van der Waals surface area contributed by atoms with Gasteiger partial charge >= 0.3 is 5.51 Å². The highest BCUT2D eigenvalue weighted by Gasteiger charge is 2.31. The quantitative estimate of drug-likeness (QED) is 0.308. The van der Waals surface area contributed by atoms with Crippen LogP contribution in [0.3, 0.4) is 0 Å². The third-order valence-corrected chi connectivity index (χ3v) is 6.66. The predicted octanol–water partition coefficient (Wildman–Crippen LogP) is 5.18. The Kier molecular flexibility index (Phi) is 8.32. The van der Waals surface area contributed by atoms with Gasteiger partial charge in [0.2, 0.25) is 0 Å². The number of carbonyl (C=O) groups excluding carboxylic acids is 1. The zero-order valence-corrected chi connectivity index (χ0v) is 19.9. The van der Waals surface area contributed by atoms with Crippen LogP contribution in [0, 0.1) is 18.3 Å². The fraction of sp³-hybridized carbons (Fsp3) is 0.190. The third-order valence-electron chi connectivity index (χ3n) is 4.42. The summed E-state index contributed by atoms with van der Waals surface area (Å²) in [6.07, 6.45) is 0. The molecule has 178 valence electrons. The van der Waals surface area contributed by atoms with Gasteiger partial charge in [-0.05, 0) is 54.6 Å². The van der Waals surface area contributed by atoms with Gasteiger partial charge in [0.05, 0.1) is 18.2 Å². The molecule has 0 saturated heterocycles. The molecule has 0 aliphatic carbocycles. The first kappa shape index (κ1) is 25.7. The fourth-order valence-electron chi connectivity index (χ4n) is 2.93. The fourth-order valence-corrected chi connectivity index (χ4v) is 4.77. The molecule has 0 spiro atoms. The van der Waals surface area contributed by atoms with Crippen LogP contribution < -0.4 is 10.2 Å². The van der Waals surface area contributed by atoms with Crippen molar-refractivity contribution in [3.63, 3.8) is 0 Å². The number of aromatic nitrogens is 1. The molecule has 0 bridgehead atoms. The van der Waals surface area contributed by atoms with Crippen LogP contribution in [0.25, 0.3) is 0 Å². The Balaban J connectivity index is 2.01. The van der Waals surface area contributed by atoms with Gasteiger partial charge in [0.1, 0.15) is 11.6 Å². The molecular weight excluding hydrogens is 509 g/mol. The number of hydrogen-bond acceptors (Lipinski definition) is 7. The van der Waals surface area contributed by atoms with Crippen molar-refractivity contribution in [3.05, 3.63) is 70.2 Å². The summed E-state index contributed by atoms with van der Waals surface area (Å²) in [6, 6.07) is 14.6. The standard InChI is InChI=1S/C21H17F3N4O3S3/c1-13-18(19(29)26-12-34(30)31)27-20(32-13)28(16-8-6-14(10-25)7-9-16)11-15-4-2-3-5-17(15)33-21(22,23)24/h2-9H,11-12H2,1H3,(H,26,29)(H,30,31). The molecule has 3 aromatic rings. The van der Waals surface area contributed by atoms with Crippen LogP contribution in [0.15, 0.2) is 53.4 Å². The van der Waals surface area contributed by atoms with E-state index in [1.165, 1.54) is 12.1 Å². The number of alkyl halides is 3. The first-order valence-electron chi connectivity index (χ1n) is 9.52. The Morgan fingerprint density at radius 2 is 1.94 bits per heavy atom. The monoisotopic (exact) mass is 526 g/mol. The third kappa shape index (κ3) is 6.80. The molecule has 3 rings (SSSR count). The van der Waals surface area contributed by atoms with E-state index < -0.39 is 28.4 Å². The number of rotatable bonds is 8. The van der Waals surface area contributed by atoms with Gasteiger partial charge in [-0.25, -0.2) is 9.19 Å². The average molecular weight is 527 g/mol. The summed E-state index contributed by atoms with van der Waals surface area (Å²) in [7, 11) is 0. The van der Waals surface area contributed by atoms with Crippen LogP contribution in [0.1, 0.15) is 26.5 Å². The molecule has 1 atom stereocenters. The lowest BCUT2D eigenvalue weighted by atomic mass is 10.1. The summed E-state index contributed by atoms with van der Waals surface area (Å²) in [5, 5.41) is 11.7. The van der Waals surface area contributed by atoms with Crippen LogP contribution in [0.5, 0.6) is 0 Å². The van der Waals surface area contributed by atoms with Crippen molar-refractivity contribution in [1.82, 2.24) is 10.3 Å². The molecule has 0 radical (unpaired) electrons. The van der Waals surface area contributed by atoms with Crippen molar-refractivity contribution in [1.29, 1.82) is 5.26 Å². The highest BCUT2D eigenvalue weighted by Crippen LogP contribution is 2.40. The maximum atomic E-state index is 13.1. The molecule has 13 heteroatoms. The molecule has 2 N–H and O–H groups in total. The Labute approximate surface area is 203 Å². The summed E-state index contributed by atoms with van der Waals surface area (Å²) >= 11 is -1.29. The lowest BCUT2D eigenvalue weighted by Crippen LogP contribution is -2.27. The Hall–Kier alpha value is -2.92. The van der Waals surface area contributed by atoms with Crippen molar-refractivity contribution in [3.8, 4) is 6.07 Å². The first-order valence-corrected chi connectivity index (χ1v) is 12.4. The minimum atomic E-state index is -4.47. The van der Waals surface area contributed by atoms with E-state index in [0.717, 1.165) is 11.3 Å². The van der Waals surface area contributed by atoms with Crippen molar-refractivity contribution in [2.75, 3.05) is 10.8 Å². The molecule has 34 heavy (non-hydrogen) atoms. The zero-order chi connectivity index (χ0) is 24.9. The van der Waals surface area contributed by atoms with Gasteiger partial charge in [0, 0.05) is 15.5 Å². The first-order chi connectivity index (χ1) is 16.1. The number of carbonyl (C=O) groups is 1. The summed E-state index contributed by atoms with van der Waals surface area (Å²) < 4.78 is 59.0. The van der Waals surface area contributed by atoms with E-state index in [0.29, 0.717) is 26.8 Å². The second kappa shape index (κ2) is 11.0. The summed E-state index contributed by atoms with van der Waals surface area (Å²) in [5.74, 6) is -1.11. The van der Waals surface area contributed by atoms with E-state index in [9.17, 15) is 22.2 Å². The van der Waals surface area contributed by atoms with E-state index in [1.807, 2.05) is 6.07 Å². The zero-order valence-electron chi connectivity index (χ0n) is 17.5. The van der Waals surface area contributed by atoms with E-state index in [1.54, 1.807) is 48.2 Å². The maximum absolute atomic E-state index is 13.1. The van der Waals surface area contributed by atoms with E-state index in [-0.39, 0.29) is 28.9 Å². The van der Waals surface area contributed by atoms with E-state index in [4.69, 9.17) is 9.81 Å². The van der Waals surface area contributed by atoms with Crippen LogP contribution >= 0.6 is 23.1 Å². The number of thiazole rings is 1. The SMILES string of the molecule is Cc1sc(N(Cc2ccccc2SC(F)(F)F)c2ccc(C#N)cc2)nc1C(=O)NCS(=O)O. The number of thioether (sulfide) groups is 1. The summed E-state index contributed by atoms with van der Waals surface area (Å²) in [4.78, 5) is 19.0. The van der Waals surface area contributed by atoms with Crippen molar-refractivity contribution in [2.24, 2.45) is 0 Å². The number of hydrogen-bond donors (Lipinski definition) is 2. The largest absolute Gasteiger partial charge is 0.446 e. The minimum absolute atomic E-state index is 0.0137. The molecule has 2 aromatic carbocycles. The Morgan fingerprint density at radius 1 is 1.26 bits per heavy atom. The number of aryl methyl sites for hydroxylation is 1. The Bertz CT molecular complexity index is 1240. The van der Waals surface area contributed by atoms with Crippen LogP contribution in [0.4, 0.5) is 24.0 Å². The van der Waals surface area contributed by atoms with Gasteiger partial charge in [0.25, 0.3) is 5.91 Å². The maximum Gasteiger partial charge on any atom is 0.446 e. The average Bonchev–Trinajstić information content (AvgIpc) is 3.17. The molecule has 1 aromatic heterocycles. The number of benzene rings is 2. The normalized spacial score (nSPS) is 12.1. The lowest BCUT2D eigenvalue weighted by molar-refractivity contribution is -0.0328. The smallest absolute Gasteiger partial charge is 0.337 e. The van der Waals surface area contributed by atoms with Crippen molar-refractivity contribution < 1.29 is 26.7 Å². The minimum Gasteiger partial charge on any atom is -0.337 e. The second-order valence-corrected chi connectivity index (χ2v) is 9.99. The molecule has 1 amide bonds. The number of nitrogens with zero attached hydrogens (tertiary/aromatic N) is 3. The number of amides is 1.